The van der Waals surface area contributed by atoms with Gasteiger partial charge in [-0.15, -0.1) is 0 Å². The molecule has 94 valence electrons. The number of aromatic nitrogens is 1. The zero-order valence-corrected chi connectivity index (χ0v) is 10.3. The molecule has 1 aromatic heterocycles. The minimum absolute atomic E-state index is 0.0561. The maximum atomic E-state index is 11.1. The van der Waals surface area contributed by atoms with Crippen LogP contribution >= 0.6 is 11.6 Å². The van der Waals surface area contributed by atoms with E-state index in [9.17, 15) is 4.79 Å². The van der Waals surface area contributed by atoms with Crippen molar-refractivity contribution in [2.24, 2.45) is 0 Å². The number of carbonyl (C=O) groups is 1. The second-order valence-corrected chi connectivity index (χ2v) is 4.04. The third-order valence-corrected chi connectivity index (χ3v) is 2.56. The van der Waals surface area contributed by atoms with Crippen molar-refractivity contribution in [2.75, 3.05) is 0 Å². The van der Waals surface area contributed by atoms with E-state index in [4.69, 9.17) is 26.0 Å². The molecule has 0 unspecified atom stereocenters. The van der Waals surface area contributed by atoms with Crippen LogP contribution < -0.4 is 4.74 Å². The lowest BCUT2D eigenvalue weighted by molar-refractivity contribution is 0.0692. The number of benzene rings is 1. The van der Waals surface area contributed by atoms with Gasteiger partial charge in [-0.1, -0.05) is 22.8 Å². The molecular weight excluding hydrogens is 258 g/mol. The van der Waals surface area contributed by atoms with Crippen LogP contribution in [0.25, 0.3) is 0 Å². The first-order valence-electron chi connectivity index (χ1n) is 5.14. The molecule has 6 heteroatoms. The third kappa shape index (κ3) is 2.62. The highest BCUT2D eigenvalue weighted by Crippen LogP contribution is 2.27. The van der Waals surface area contributed by atoms with E-state index in [1.807, 2.05) is 0 Å². The number of carboxylic acid groups (broad SMARTS) is 1. The summed E-state index contributed by atoms with van der Waals surface area (Å²) in [6, 6.07) is 6.38. The highest BCUT2D eigenvalue weighted by Gasteiger charge is 2.15. The quantitative estimate of drug-likeness (QED) is 0.922. The zero-order chi connectivity index (χ0) is 13.1. The van der Waals surface area contributed by atoms with Gasteiger partial charge in [-0.3, -0.25) is 0 Å². The van der Waals surface area contributed by atoms with Gasteiger partial charge in [0.05, 0.1) is 5.02 Å². The Labute approximate surface area is 108 Å². The van der Waals surface area contributed by atoms with E-state index in [0.717, 1.165) is 0 Å². The normalized spacial score (nSPS) is 10.3. The van der Waals surface area contributed by atoms with Gasteiger partial charge < -0.3 is 14.4 Å². The summed E-state index contributed by atoms with van der Waals surface area (Å²) in [5.41, 5.74) is 0.531. The lowest BCUT2D eigenvalue weighted by atomic mass is 10.2. The summed E-state index contributed by atoms with van der Waals surface area (Å²) in [6.45, 7) is 1.89. The predicted octanol–water partition coefficient (Wildman–Crippen LogP) is 2.91. The molecule has 2 rings (SSSR count). The highest BCUT2D eigenvalue weighted by molar-refractivity contribution is 6.33. The van der Waals surface area contributed by atoms with Crippen molar-refractivity contribution in [2.45, 2.75) is 13.5 Å². The predicted molar refractivity (Wildman–Crippen MR) is 64.0 cm³/mol. The summed E-state index contributed by atoms with van der Waals surface area (Å²) in [4.78, 5) is 11.1. The summed E-state index contributed by atoms with van der Waals surface area (Å²) < 4.78 is 10.3. The molecule has 18 heavy (non-hydrogen) atoms. The van der Waals surface area contributed by atoms with Gasteiger partial charge in [0.15, 0.2) is 0 Å². The number of carboxylic acids is 1. The number of ether oxygens (including phenoxy) is 1. The van der Waals surface area contributed by atoms with Crippen molar-refractivity contribution < 1.29 is 19.2 Å². The van der Waals surface area contributed by atoms with Crippen LogP contribution in [0.3, 0.4) is 0 Å². The Kier molecular flexibility index (Phi) is 3.53. The number of nitrogens with zero attached hydrogens (tertiary/aromatic N) is 1. The molecule has 0 fully saturated rings. The first-order valence-corrected chi connectivity index (χ1v) is 5.52. The first-order chi connectivity index (χ1) is 8.58. The second-order valence-electron chi connectivity index (χ2n) is 3.64. The number of aryl methyl sites for hydroxylation is 1. The number of hydrogen-bond acceptors (Lipinski definition) is 4. The molecule has 0 radical (unpaired) electrons. The lowest BCUT2D eigenvalue weighted by Crippen LogP contribution is -2.04. The van der Waals surface area contributed by atoms with Crippen molar-refractivity contribution >= 4 is 17.6 Å². The van der Waals surface area contributed by atoms with E-state index >= 15 is 0 Å². The van der Waals surface area contributed by atoms with Gasteiger partial charge in [0.1, 0.15) is 29.4 Å². The maximum absolute atomic E-state index is 11.1. The van der Waals surface area contributed by atoms with Crippen LogP contribution in [0.4, 0.5) is 0 Å². The summed E-state index contributed by atoms with van der Waals surface area (Å²) in [7, 11) is 0. The molecule has 1 heterocycles. The topological polar surface area (TPSA) is 72.6 Å². The molecule has 2 aromatic rings. The van der Waals surface area contributed by atoms with Crippen LogP contribution in [0.15, 0.2) is 28.8 Å². The van der Waals surface area contributed by atoms with E-state index in [1.165, 1.54) is 6.07 Å². The molecule has 0 aliphatic heterocycles. The molecule has 1 aromatic carbocycles. The van der Waals surface area contributed by atoms with Crippen LogP contribution in [-0.2, 0) is 6.61 Å². The van der Waals surface area contributed by atoms with Crippen LogP contribution in [0, 0.1) is 6.92 Å². The van der Waals surface area contributed by atoms with Crippen LogP contribution in [0.1, 0.15) is 21.8 Å². The summed E-state index contributed by atoms with van der Waals surface area (Å²) >= 11 is 5.82. The van der Waals surface area contributed by atoms with Crippen LogP contribution in [0.5, 0.6) is 5.75 Å². The Balaban J connectivity index is 2.19. The average molecular weight is 268 g/mol. The summed E-state index contributed by atoms with van der Waals surface area (Å²) in [5.74, 6) is -0.263. The van der Waals surface area contributed by atoms with E-state index in [1.54, 1.807) is 25.1 Å². The molecule has 0 saturated carbocycles. The highest BCUT2D eigenvalue weighted by atomic mass is 35.5. The van der Waals surface area contributed by atoms with Gasteiger partial charge in [-0.25, -0.2) is 4.79 Å². The number of hydrogen-bond donors (Lipinski definition) is 1. The minimum atomic E-state index is -1.13. The molecule has 0 spiro atoms. The summed E-state index contributed by atoms with van der Waals surface area (Å²) in [5, 5.41) is 12.9. The standard InChI is InChI=1S/C12H10ClNO4/c1-7-5-8(14-18-7)6-17-10-4-2-3-9(13)11(10)12(15)16/h2-5H,6H2,1H3,(H,15,16). The van der Waals surface area contributed by atoms with E-state index in [2.05, 4.69) is 5.16 Å². The maximum Gasteiger partial charge on any atom is 0.341 e. The van der Waals surface area contributed by atoms with E-state index < -0.39 is 5.97 Å². The van der Waals surface area contributed by atoms with Crippen LogP contribution in [-0.4, -0.2) is 16.2 Å². The van der Waals surface area contributed by atoms with Crippen LogP contribution in [0.2, 0.25) is 5.02 Å². The fraction of sp³-hybridized carbons (Fsp3) is 0.167. The van der Waals surface area contributed by atoms with Crippen molar-refractivity contribution in [1.29, 1.82) is 0 Å². The van der Waals surface area contributed by atoms with Gasteiger partial charge in [-0.2, -0.15) is 0 Å². The largest absolute Gasteiger partial charge is 0.486 e. The van der Waals surface area contributed by atoms with Crippen molar-refractivity contribution in [3.8, 4) is 5.75 Å². The molecule has 0 amide bonds. The Morgan fingerprint density at radius 3 is 2.94 bits per heavy atom. The molecule has 0 aliphatic carbocycles. The molecule has 0 saturated heterocycles. The molecule has 0 aliphatic rings. The molecule has 0 bridgehead atoms. The molecule has 1 N–H and O–H groups in total. The monoisotopic (exact) mass is 267 g/mol. The minimum Gasteiger partial charge on any atom is -0.486 e. The molecular formula is C12H10ClNO4. The second kappa shape index (κ2) is 5.10. The van der Waals surface area contributed by atoms with Gasteiger partial charge in [0.2, 0.25) is 0 Å². The third-order valence-electron chi connectivity index (χ3n) is 2.24. The SMILES string of the molecule is Cc1cc(COc2cccc(Cl)c2C(=O)O)no1. The first kappa shape index (κ1) is 12.4. The van der Waals surface area contributed by atoms with Crippen molar-refractivity contribution in [3.05, 3.63) is 46.3 Å². The Morgan fingerprint density at radius 1 is 1.56 bits per heavy atom. The summed E-state index contributed by atoms with van der Waals surface area (Å²) in [6.07, 6.45) is 0. The lowest BCUT2D eigenvalue weighted by Gasteiger charge is -2.08. The fourth-order valence-corrected chi connectivity index (χ4v) is 1.72. The smallest absolute Gasteiger partial charge is 0.341 e. The van der Waals surface area contributed by atoms with Gasteiger partial charge >= 0.3 is 5.97 Å². The molecule has 5 nitrogen and oxygen atoms in total. The average Bonchev–Trinajstić information content (AvgIpc) is 2.72. The zero-order valence-electron chi connectivity index (χ0n) is 9.51. The Bertz CT molecular complexity index is 579. The van der Waals surface area contributed by atoms with E-state index in [0.29, 0.717) is 11.5 Å². The van der Waals surface area contributed by atoms with Crippen molar-refractivity contribution in [1.82, 2.24) is 5.16 Å². The van der Waals surface area contributed by atoms with Gasteiger partial charge in [0.25, 0.3) is 0 Å². The Hall–Kier alpha value is -2.01. The Morgan fingerprint density at radius 2 is 2.33 bits per heavy atom. The molecule has 0 atom stereocenters. The fourth-order valence-electron chi connectivity index (χ4n) is 1.47. The number of aromatic carboxylic acids is 1. The number of rotatable bonds is 4. The van der Waals surface area contributed by atoms with E-state index in [-0.39, 0.29) is 22.9 Å². The van der Waals surface area contributed by atoms with Gasteiger partial charge in [-0.05, 0) is 19.1 Å². The van der Waals surface area contributed by atoms with Crippen molar-refractivity contribution in [3.63, 3.8) is 0 Å². The number of halogens is 1. The van der Waals surface area contributed by atoms with Gasteiger partial charge in [0, 0.05) is 6.07 Å².